The van der Waals surface area contributed by atoms with Crippen molar-refractivity contribution in [1.82, 2.24) is 0 Å². The van der Waals surface area contributed by atoms with E-state index in [0.29, 0.717) is 0 Å². The van der Waals surface area contributed by atoms with Crippen molar-refractivity contribution in [3.05, 3.63) is 0 Å². The van der Waals surface area contributed by atoms with Gasteiger partial charge in [0, 0.05) is 0 Å². The first-order valence-corrected chi connectivity index (χ1v) is 103. The van der Waals surface area contributed by atoms with Crippen molar-refractivity contribution in [3.8, 4) is 0 Å². The molecule has 80 nitrogen and oxygen atoms in total. The van der Waals surface area contributed by atoms with Gasteiger partial charge in [0.05, 0.1) is 0 Å². The molecule has 0 saturated heterocycles. The van der Waals surface area contributed by atoms with Gasteiger partial charge in [0.25, 0.3) is 15.6 Å². The van der Waals surface area contributed by atoms with Crippen LogP contribution in [0.3, 0.4) is 0 Å². The van der Waals surface area contributed by atoms with Crippen LogP contribution in [-0.4, -0.2) is 19.6 Å². The van der Waals surface area contributed by atoms with Crippen LogP contribution < -0.4 is 68.9 Å². The van der Waals surface area contributed by atoms with Crippen LogP contribution in [0.4, 0.5) is 0 Å². The molecule has 0 atom stereocenters. The first kappa shape index (κ1) is 196. The third-order valence-corrected chi connectivity index (χ3v) is 0. The summed E-state index contributed by atoms with van der Waals surface area (Å²) in [6.45, 7) is 0. The molecule has 0 amide bonds. The second-order valence-corrected chi connectivity index (χ2v) is 43.0. The Morgan fingerprint density at radius 1 is 0.111 bits per heavy atom. The molecule has 640 valence electrons. The van der Waals surface area contributed by atoms with E-state index in [4.69, 9.17) is 283 Å². The Balaban J connectivity index is -0.0000000237. The van der Waals surface area contributed by atoms with E-state index in [-0.39, 0.29) is 59.1 Å². The molecule has 0 aliphatic heterocycles. The molecule has 0 unspecified atom stereocenters. The van der Waals surface area contributed by atoms with Crippen molar-refractivity contribution in [1.29, 1.82) is 0 Å². The molecule has 0 radical (unpaired) electrons. The third-order valence-electron chi connectivity index (χ3n) is 0. The Hall–Kier alpha value is 4.34. The van der Waals surface area contributed by atoms with Crippen molar-refractivity contribution in [3.63, 3.8) is 0 Å². The van der Waals surface area contributed by atoms with E-state index in [9.17, 15) is 0 Å². The summed E-state index contributed by atoms with van der Waals surface area (Å²) in [7, 11) is -9.78. The van der Waals surface area contributed by atoms with Crippen molar-refractivity contribution in [2.45, 2.75) is 0 Å². The Morgan fingerprint density at radius 2 is 0.111 bits per heavy atom. The molecule has 0 aliphatic rings. The molecule has 108 heavy (non-hydrogen) atoms. The minimum absolute atomic E-state index is 0. The maximum absolute atomic E-state index is 8.77. The topological polar surface area (TPSA) is 1390 Å². The van der Waals surface area contributed by atoms with E-state index < -0.39 is 428 Å². The van der Waals surface area contributed by atoms with Gasteiger partial charge in [-0.25, -0.2) is 0 Å². The van der Waals surface area contributed by atoms with Crippen molar-refractivity contribution in [2.75, 3.05) is 0 Å². The number of rotatable bonds is 0. The van der Waals surface area contributed by atoms with Gasteiger partial charge in [-0.2, -0.15) is 0 Å². The second kappa shape index (κ2) is 174. The zero-order chi connectivity index (χ0) is 94.9. The van der Waals surface area contributed by atoms with Gasteiger partial charge in [-0.15, -0.1) is 0 Å². The fourth-order valence-electron chi connectivity index (χ4n) is 0. The van der Waals surface area contributed by atoms with Gasteiger partial charge < -0.3 is 29.4 Å². The summed E-state index contributed by atoms with van der Waals surface area (Å²) in [5.41, 5.74) is 0. The van der Waals surface area contributed by atoms with E-state index in [1.807, 2.05) is 0 Å². The fourth-order valence-corrected chi connectivity index (χ4v) is 0. The first-order valence-electron chi connectivity index (χ1n) is 13.5. The normalized spacial score (nSPS) is 6.43. The van der Waals surface area contributed by atoms with E-state index in [0.717, 1.165) is 0 Å². The zero-order valence-corrected chi connectivity index (χ0v) is 122. The van der Waals surface area contributed by atoms with Gasteiger partial charge in [0.1, 0.15) is 0 Å². The molecule has 0 rings (SSSR count). The molecule has 108 heteroatoms. The average molecular weight is 5800 g/mol. The molecule has 0 aromatic heterocycles. The Labute approximate surface area is 754 Å². The van der Waals surface area contributed by atoms with E-state index >= 15 is 0 Å². The molecule has 0 bridgehead atoms. The van der Waals surface area contributed by atoms with Crippen LogP contribution in [0.25, 0.3) is 0 Å². The SMILES string of the molecule is O=P([O-])(O)O.O=P([O-])(O)O.[Na+].[Na+].[O]=[W](=[O])=[O].[O]=[W](=[O])=[O].[O]=[W](=[O])=[O].[O]=[W](=[O])=[O].[O]=[W](=[O])=[O].[O]=[W](=[O])=[O].[O]=[W](=[O])=[O].[O]=[W](=[O])=[O].[O]=[W](=[O])=[O].[O]=[W](=[O])=[O].[O]=[W](=[O])=[O].[O]=[W](=[O])=[O].[O]=[W](=[O])=[O].[O]=[W](=[O])=[O].[O]=[W](=[O])=[O].[O]=[W](=[O])=[O].[O]=[W](=[O])=[O].[O]=[W](=[O])=[O].[O]=[W](=[O])=[O].[O]=[W](=[O])=[O].[O]=[W](=[O])=[O].[O]=[W](=[O])=[O].[O]=[W](=[O])=[O].[O]=[W](=[O])=[O]. The van der Waals surface area contributed by atoms with Crippen LogP contribution in [0, 0.1) is 0 Å². The van der Waals surface area contributed by atoms with Crippen LogP contribution in [-0.2, 0) is 667 Å². The Morgan fingerprint density at radius 3 is 0.111 bits per heavy atom. The Bertz CT molecular complexity index is 3770. The number of hydrogen-bond acceptors (Lipinski definition) is 76. The van der Waals surface area contributed by atoms with Crippen molar-refractivity contribution >= 4 is 15.6 Å². The summed E-state index contributed by atoms with van der Waals surface area (Å²) >= 11 is -103. The van der Waals surface area contributed by atoms with Gasteiger partial charge in [-0.05, 0) is 0 Å². The summed E-state index contributed by atoms with van der Waals surface area (Å²) in [5.74, 6) is 0. The average Bonchev–Trinajstić information content (AvgIpc) is 1.12. The van der Waals surface area contributed by atoms with Crippen LogP contribution in [0.1, 0.15) is 0 Å². The molecule has 0 aromatic rings. The molecule has 0 saturated carbocycles. The fraction of sp³-hybridized carbons (Fsp3) is 0. The van der Waals surface area contributed by atoms with Gasteiger partial charge in [0.15, 0.2) is 0 Å². The maximum atomic E-state index is 8.77. The van der Waals surface area contributed by atoms with Crippen molar-refractivity contribution < 1.29 is 755 Å². The summed E-state index contributed by atoms with van der Waals surface area (Å²) in [6, 6.07) is 0. The van der Waals surface area contributed by atoms with Crippen LogP contribution in [0.5, 0.6) is 0 Å². The van der Waals surface area contributed by atoms with E-state index in [1.165, 1.54) is 0 Å². The quantitative estimate of drug-likeness (QED) is 0.129. The molecule has 0 heterocycles. The van der Waals surface area contributed by atoms with Gasteiger partial charge in [0.2, 0.25) is 0 Å². The van der Waals surface area contributed by atoms with E-state index in [2.05, 4.69) is 0 Å². The van der Waals surface area contributed by atoms with E-state index in [1.54, 1.807) is 0 Å². The standard InChI is InChI=1S/2Na.2H3O4P.72O.24W/c;;2*1-5(2,3)4;;;;;;;;;;;;;;;;;;;;;;;;;;;;;;;;;;;;;;;;;;;;;;;;;;;;;;;;;;;;;;;;;;;;;;;;;;;;;;;;;;;;;;;;;;;;;;;;/h;;2*(H3,1,2,3,4);;;;;;;;;;;;;;;;;;;;;;;;;;;;;;;;;;;;;;;;;;;;;;;;;;;;;;;;;;;;;;;;;;;;;;;;;;;;;;;;;;;;;;;;;;;;;;;;/q2*+1;;;;;;;;;;;;;;;;;;;;;;;;;;;;;;;;;;;;;;;;;;;;;;;;;;;;;;;;;;;;;;;;;;;;;;;;;;;;;;;;;;;;;;;;;;;;;;;;;;/p-2. The molecular weight excluding hydrogens is 5800 g/mol. The molecule has 0 spiro atoms. The van der Waals surface area contributed by atoms with Crippen molar-refractivity contribution in [2.24, 2.45) is 0 Å². The van der Waals surface area contributed by atoms with Crippen LogP contribution >= 0.6 is 15.6 Å². The predicted octanol–water partition coefficient (Wildman–Crippen LogP) is -17.7. The molecular formula is H4Na2O80P2W24. The monoisotopic (exact) mass is 5810 g/mol. The Kier molecular flexibility index (Phi) is 315. The minimum atomic E-state index is -4.89. The summed E-state index contributed by atoms with van der Waals surface area (Å²) in [5, 5.41) is 0. The van der Waals surface area contributed by atoms with Gasteiger partial charge >= 0.3 is 717 Å². The summed E-state index contributed by atoms with van der Waals surface area (Å²) < 4.78 is 638. The zero-order valence-electron chi connectivity index (χ0n) is 45.5. The van der Waals surface area contributed by atoms with Crippen LogP contribution in [0.15, 0.2) is 0 Å². The first-order chi connectivity index (χ1) is 45.6. The van der Waals surface area contributed by atoms with Gasteiger partial charge in [-0.3, -0.25) is 9.13 Å². The third kappa shape index (κ3) is 70100. The summed E-state index contributed by atoms with van der Waals surface area (Å²) in [6.07, 6.45) is 0. The molecule has 0 aliphatic carbocycles. The summed E-state index contributed by atoms with van der Waals surface area (Å²) in [4.78, 5) is 45.8. The molecule has 0 aromatic carbocycles. The predicted molar refractivity (Wildman–Crippen MR) is 73.5 cm³/mol. The number of phosphoric acid groups is 2. The van der Waals surface area contributed by atoms with Crippen LogP contribution in [0.2, 0.25) is 0 Å². The number of hydrogen-bond donors (Lipinski definition) is 4. The molecule has 0 fully saturated rings. The molecule has 4 N–H and O–H groups in total. The van der Waals surface area contributed by atoms with Gasteiger partial charge in [-0.1, -0.05) is 0 Å². The second-order valence-electron chi connectivity index (χ2n) is 5.88.